The van der Waals surface area contributed by atoms with E-state index in [2.05, 4.69) is 10.1 Å². The van der Waals surface area contributed by atoms with Crippen molar-refractivity contribution in [3.8, 4) is 11.8 Å². The van der Waals surface area contributed by atoms with Crippen molar-refractivity contribution in [1.82, 2.24) is 5.32 Å². The fraction of sp³-hybridized carbons (Fsp3) is 0.235. The Balaban J connectivity index is 2.03. The van der Waals surface area contributed by atoms with E-state index in [9.17, 15) is 9.59 Å². The van der Waals surface area contributed by atoms with Crippen molar-refractivity contribution in [2.24, 2.45) is 0 Å². The lowest BCUT2D eigenvalue weighted by Crippen LogP contribution is -2.39. The zero-order valence-corrected chi connectivity index (χ0v) is 13.2. The molecule has 0 spiro atoms. The molecular formula is C17H16N2O5. The van der Waals surface area contributed by atoms with Crippen molar-refractivity contribution in [3.63, 3.8) is 0 Å². The lowest BCUT2D eigenvalue weighted by molar-refractivity contribution is -0.142. The van der Waals surface area contributed by atoms with Gasteiger partial charge in [0.25, 0.3) is 5.91 Å². The standard InChI is InChI=1S/C17H16N2O5/c1-11(17(21)22-2)19-16(20)15-13(6-7-23-15)10-24-14-5-3-4-12(8-14)9-18/h3-8,11H,10H2,1-2H3,(H,19,20)/t11-/m1/s1. The molecule has 1 atom stereocenters. The normalized spacial score (nSPS) is 11.2. The quantitative estimate of drug-likeness (QED) is 0.814. The number of nitrogens with zero attached hydrogens (tertiary/aromatic N) is 1. The third kappa shape index (κ3) is 4.14. The Bertz CT molecular complexity index is 775. The maximum Gasteiger partial charge on any atom is 0.328 e. The van der Waals surface area contributed by atoms with Crippen LogP contribution < -0.4 is 10.1 Å². The molecule has 2 rings (SSSR count). The number of ether oxygens (including phenoxy) is 2. The first-order valence-corrected chi connectivity index (χ1v) is 7.13. The summed E-state index contributed by atoms with van der Waals surface area (Å²) in [5, 5.41) is 11.4. The predicted octanol–water partition coefficient (Wildman–Crippen LogP) is 2.02. The van der Waals surface area contributed by atoms with Crippen LogP contribution in [0.5, 0.6) is 5.75 Å². The van der Waals surface area contributed by atoms with Crippen molar-refractivity contribution in [2.45, 2.75) is 19.6 Å². The van der Waals surface area contributed by atoms with Crippen molar-refractivity contribution in [2.75, 3.05) is 7.11 Å². The molecule has 1 amide bonds. The van der Waals surface area contributed by atoms with Crippen LogP contribution in [0.25, 0.3) is 0 Å². The van der Waals surface area contributed by atoms with E-state index in [0.717, 1.165) is 0 Å². The minimum absolute atomic E-state index is 0.0576. The predicted molar refractivity (Wildman–Crippen MR) is 83.1 cm³/mol. The Kier molecular flexibility index (Phi) is 5.58. The van der Waals surface area contributed by atoms with Crippen molar-refractivity contribution < 1.29 is 23.5 Å². The zero-order valence-electron chi connectivity index (χ0n) is 13.2. The van der Waals surface area contributed by atoms with Crippen LogP contribution in [0.15, 0.2) is 41.0 Å². The third-order valence-electron chi connectivity index (χ3n) is 3.21. The molecule has 124 valence electrons. The second-order valence-corrected chi connectivity index (χ2v) is 4.92. The Hall–Kier alpha value is -3.27. The fourth-order valence-electron chi connectivity index (χ4n) is 1.96. The highest BCUT2D eigenvalue weighted by Gasteiger charge is 2.21. The monoisotopic (exact) mass is 328 g/mol. The summed E-state index contributed by atoms with van der Waals surface area (Å²) in [6.45, 7) is 1.59. The maximum absolute atomic E-state index is 12.2. The number of carbonyl (C=O) groups is 2. The number of hydrogen-bond acceptors (Lipinski definition) is 6. The van der Waals surface area contributed by atoms with Crippen LogP contribution in [0.4, 0.5) is 0 Å². The Morgan fingerprint density at radius 2 is 2.17 bits per heavy atom. The van der Waals surface area contributed by atoms with Crippen molar-refractivity contribution >= 4 is 11.9 Å². The van der Waals surface area contributed by atoms with E-state index in [1.165, 1.54) is 20.3 Å². The number of hydrogen-bond donors (Lipinski definition) is 1. The van der Waals surface area contributed by atoms with E-state index in [1.54, 1.807) is 30.3 Å². The van der Waals surface area contributed by atoms with E-state index < -0.39 is 17.9 Å². The van der Waals surface area contributed by atoms with Gasteiger partial charge in [0.05, 0.1) is 25.0 Å². The molecule has 1 heterocycles. The molecule has 2 aromatic rings. The van der Waals surface area contributed by atoms with Crippen LogP contribution >= 0.6 is 0 Å². The van der Waals surface area contributed by atoms with Crippen LogP contribution in [0.1, 0.15) is 28.6 Å². The van der Waals surface area contributed by atoms with Crippen LogP contribution in [0, 0.1) is 11.3 Å². The summed E-state index contributed by atoms with van der Waals surface area (Å²) >= 11 is 0. The molecule has 24 heavy (non-hydrogen) atoms. The minimum Gasteiger partial charge on any atom is -0.489 e. The van der Waals surface area contributed by atoms with E-state index in [1.807, 2.05) is 6.07 Å². The highest BCUT2D eigenvalue weighted by molar-refractivity contribution is 5.95. The first kappa shape index (κ1) is 17.1. The molecule has 7 heteroatoms. The van der Waals surface area contributed by atoms with Gasteiger partial charge in [-0.3, -0.25) is 4.79 Å². The average Bonchev–Trinajstić information content (AvgIpc) is 3.08. The summed E-state index contributed by atoms with van der Waals surface area (Å²) in [5.74, 6) is -0.532. The molecule has 0 saturated carbocycles. The van der Waals surface area contributed by atoms with Gasteiger partial charge in [0.15, 0.2) is 5.76 Å². The van der Waals surface area contributed by atoms with E-state index in [4.69, 9.17) is 14.4 Å². The number of benzene rings is 1. The largest absolute Gasteiger partial charge is 0.489 e. The van der Waals surface area contributed by atoms with Gasteiger partial charge in [-0.1, -0.05) is 6.07 Å². The van der Waals surface area contributed by atoms with Gasteiger partial charge in [0.2, 0.25) is 0 Å². The third-order valence-corrected chi connectivity index (χ3v) is 3.21. The van der Waals surface area contributed by atoms with E-state index in [0.29, 0.717) is 16.9 Å². The second kappa shape index (κ2) is 7.83. The van der Waals surface area contributed by atoms with Crippen LogP contribution in [0.2, 0.25) is 0 Å². The van der Waals surface area contributed by atoms with Crippen molar-refractivity contribution in [1.29, 1.82) is 5.26 Å². The molecule has 7 nitrogen and oxygen atoms in total. The Morgan fingerprint density at radius 1 is 1.38 bits per heavy atom. The SMILES string of the molecule is COC(=O)[C@@H](C)NC(=O)c1occc1COc1cccc(C#N)c1. The van der Waals surface area contributed by atoms with Gasteiger partial charge < -0.3 is 19.2 Å². The highest BCUT2D eigenvalue weighted by Crippen LogP contribution is 2.17. The molecule has 0 radical (unpaired) electrons. The summed E-state index contributed by atoms with van der Waals surface area (Å²) in [5.41, 5.74) is 0.997. The molecular weight excluding hydrogens is 312 g/mol. The van der Waals surface area contributed by atoms with Gasteiger partial charge >= 0.3 is 5.97 Å². The Labute approximate surface area is 138 Å². The lowest BCUT2D eigenvalue weighted by atomic mass is 10.2. The lowest BCUT2D eigenvalue weighted by Gasteiger charge is -2.11. The number of methoxy groups -OCH3 is 1. The summed E-state index contributed by atoms with van der Waals surface area (Å²) in [4.78, 5) is 23.5. The highest BCUT2D eigenvalue weighted by atomic mass is 16.5. The first-order valence-electron chi connectivity index (χ1n) is 7.13. The number of nitrogens with one attached hydrogen (secondary N) is 1. The molecule has 0 aliphatic heterocycles. The summed E-state index contributed by atoms with van der Waals surface area (Å²) in [7, 11) is 1.24. The molecule has 0 saturated heterocycles. The molecule has 1 aromatic heterocycles. The molecule has 0 unspecified atom stereocenters. The number of nitriles is 1. The fourth-order valence-corrected chi connectivity index (χ4v) is 1.96. The maximum atomic E-state index is 12.2. The van der Waals surface area contributed by atoms with Crippen molar-refractivity contribution in [3.05, 3.63) is 53.5 Å². The molecule has 0 fully saturated rings. The number of furan rings is 1. The second-order valence-electron chi connectivity index (χ2n) is 4.92. The van der Waals surface area contributed by atoms with Crippen LogP contribution in [0.3, 0.4) is 0 Å². The molecule has 1 aromatic carbocycles. The Morgan fingerprint density at radius 3 is 2.88 bits per heavy atom. The average molecular weight is 328 g/mol. The van der Waals surface area contributed by atoms with Gasteiger partial charge in [0, 0.05) is 5.56 Å². The number of rotatable bonds is 6. The topological polar surface area (TPSA) is 102 Å². The van der Waals surface area contributed by atoms with Crippen LogP contribution in [-0.2, 0) is 16.1 Å². The van der Waals surface area contributed by atoms with Gasteiger partial charge in [0.1, 0.15) is 18.4 Å². The number of amides is 1. The molecule has 0 bridgehead atoms. The van der Waals surface area contributed by atoms with E-state index >= 15 is 0 Å². The molecule has 1 N–H and O–H groups in total. The molecule has 0 aliphatic rings. The molecule has 0 aliphatic carbocycles. The summed E-state index contributed by atoms with van der Waals surface area (Å²) in [6.07, 6.45) is 1.36. The number of esters is 1. The smallest absolute Gasteiger partial charge is 0.328 e. The van der Waals surface area contributed by atoms with Crippen LogP contribution in [-0.4, -0.2) is 25.0 Å². The van der Waals surface area contributed by atoms with Gasteiger partial charge in [-0.25, -0.2) is 4.79 Å². The minimum atomic E-state index is -0.798. The van der Waals surface area contributed by atoms with Gasteiger partial charge in [-0.2, -0.15) is 5.26 Å². The van der Waals surface area contributed by atoms with Gasteiger partial charge in [-0.15, -0.1) is 0 Å². The summed E-state index contributed by atoms with van der Waals surface area (Å²) in [6, 6.07) is 9.50. The first-order chi connectivity index (χ1) is 11.5. The zero-order chi connectivity index (χ0) is 17.5. The number of carbonyl (C=O) groups excluding carboxylic acids is 2. The van der Waals surface area contributed by atoms with E-state index in [-0.39, 0.29) is 12.4 Å². The summed E-state index contributed by atoms with van der Waals surface area (Å²) < 4.78 is 15.3. The van der Waals surface area contributed by atoms with Gasteiger partial charge in [-0.05, 0) is 31.2 Å².